The molecule has 0 spiro atoms. The van der Waals surface area contributed by atoms with Gasteiger partial charge in [-0.25, -0.2) is 14.6 Å². The fourth-order valence-electron chi connectivity index (χ4n) is 3.35. The highest BCUT2D eigenvalue weighted by atomic mass is 32.2. The van der Waals surface area contributed by atoms with Crippen LogP contribution in [0.1, 0.15) is 18.5 Å². The van der Waals surface area contributed by atoms with Gasteiger partial charge in [-0.05, 0) is 24.3 Å². The van der Waals surface area contributed by atoms with E-state index in [9.17, 15) is 24.3 Å². The van der Waals surface area contributed by atoms with Crippen molar-refractivity contribution in [1.29, 1.82) is 0 Å². The number of anilines is 1. The van der Waals surface area contributed by atoms with E-state index in [4.69, 9.17) is 10.8 Å². The molecule has 3 heterocycles. The van der Waals surface area contributed by atoms with Crippen LogP contribution in [0.4, 0.5) is 5.13 Å². The molecule has 164 valence electrons. The monoisotopic (exact) mass is 467 g/mol. The number of carboxylic acids is 2. The van der Waals surface area contributed by atoms with Gasteiger partial charge in [-0.1, -0.05) is 5.16 Å². The number of nitrogens with two attached hydrogens (primary N) is 1. The molecule has 1 aromatic heterocycles. The lowest BCUT2D eigenvalue weighted by Gasteiger charge is -2.49. The number of β-lactam (4-membered cyclic amide) rings is 1. The quantitative estimate of drug-likeness (QED) is 0.224. The molecule has 2 aliphatic heterocycles. The summed E-state index contributed by atoms with van der Waals surface area (Å²) in [5.41, 5.74) is 6.08. The Labute approximate surface area is 183 Å². The van der Waals surface area contributed by atoms with Crippen LogP contribution in [0, 0.1) is 5.92 Å². The molecule has 1 saturated heterocycles. The van der Waals surface area contributed by atoms with Gasteiger partial charge in [0.2, 0.25) is 6.61 Å². The minimum atomic E-state index is -1.29. The lowest BCUT2D eigenvalue weighted by atomic mass is 10.0. The first-order valence-electron chi connectivity index (χ1n) is 9.13. The zero-order valence-corrected chi connectivity index (χ0v) is 17.4. The lowest BCUT2D eigenvalue weighted by molar-refractivity contribution is -0.150. The van der Waals surface area contributed by atoms with Crippen LogP contribution >= 0.6 is 23.1 Å². The summed E-state index contributed by atoms with van der Waals surface area (Å²) in [6, 6.07) is -0.965. The Morgan fingerprint density at radius 2 is 2.10 bits per heavy atom. The van der Waals surface area contributed by atoms with Crippen molar-refractivity contribution in [3.8, 4) is 0 Å². The molecular weight excluding hydrogens is 450 g/mol. The van der Waals surface area contributed by atoms with Gasteiger partial charge in [0.15, 0.2) is 10.8 Å². The van der Waals surface area contributed by atoms with Gasteiger partial charge in [0, 0.05) is 11.1 Å². The number of carboxylic acid groups (broad SMARTS) is 2. The highest BCUT2D eigenvalue weighted by Gasteiger charge is 2.55. The number of oxime groups is 1. The van der Waals surface area contributed by atoms with E-state index in [0.717, 1.165) is 29.8 Å². The SMILES string of the molecule is Nc1nc(/C(=N/OCC(=O)O)C(=O)N[C@@H]2C(=O)N3C(C(=O)O)=C(C4CC4)CS[C@H]23)cs1. The number of hydrogen-bond donors (Lipinski definition) is 4. The third-order valence-electron chi connectivity index (χ3n) is 4.88. The van der Waals surface area contributed by atoms with Crippen LogP contribution in [0.25, 0.3) is 0 Å². The number of amides is 2. The van der Waals surface area contributed by atoms with Crippen molar-refractivity contribution < 1.29 is 34.2 Å². The van der Waals surface area contributed by atoms with Crippen molar-refractivity contribution in [2.24, 2.45) is 11.1 Å². The average Bonchev–Trinajstić information content (AvgIpc) is 3.48. The van der Waals surface area contributed by atoms with Gasteiger partial charge in [-0.2, -0.15) is 0 Å². The van der Waals surface area contributed by atoms with Gasteiger partial charge in [0.05, 0.1) is 0 Å². The summed E-state index contributed by atoms with van der Waals surface area (Å²) in [7, 11) is 0. The van der Waals surface area contributed by atoms with Crippen LogP contribution in [0.2, 0.25) is 0 Å². The van der Waals surface area contributed by atoms with Gasteiger partial charge in [-0.15, -0.1) is 23.1 Å². The van der Waals surface area contributed by atoms with Gasteiger partial charge in [0.1, 0.15) is 22.8 Å². The Kier molecular flexibility index (Phi) is 5.58. The summed E-state index contributed by atoms with van der Waals surface area (Å²) in [6.45, 7) is -0.776. The summed E-state index contributed by atoms with van der Waals surface area (Å²) >= 11 is 2.43. The topological polar surface area (TPSA) is 185 Å². The predicted molar refractivity (Wildman–Crippen MR) is 109 cm³/mol. The van der Waals surface area contributed by atoms with E-state index in [2.05, 4.69) is 20.3 Å². The lowest BCUT2D eigenvalue weighted by Crippen LogP contribution is -2.71. The van der Waals surface area contributed by atoms with Gasteiger partial charge in [-0.3, -0.25) is 14.5 Å². The second-order valence-corrected chi connectivity index (χ2v) is 8.99. The van der Waals surface area contributed by atoms with E-state index < -0.39 is 41.8 Å². The zero-order chi connectivity index (χ0) is 22.3. The van der Waals surface area contributed by atoms with Crippen LogP contribution in [-0.4, -0.2) is 73.3 Å². The van der Waals surface area contributed by atoms with Crippen molar-refractivity contribution in [1.82, 2.24) is 15.2 Å². The number of nitrogens with one attached hydrogen (secondary N) is 1. The van der Waals surface area contributed by atoms with E-state index in [0.29, 0.717) is 5.75 Å². The first-order valence-corrected chi connectivity index (χ1v) is 11.1. The first-order chi connectivity index (χ1) is 14.8. The Balaban J connectivity index is 1.52. The molecule has 1 aliphatic carbocycles. The summed E-state index contributed by atoms with van der Waals surface area (Å²) < 4.78 is 0. The average molecular weight is 467 g/mol. The van der Waals surface area contributed by atoms with Gasteiger partial charge >= 0.3 is 11.9 Å². The van der Waals surface area contributed by atoms with Crippen molar-refractivity contribution in [3.05, 3.63) is 22.3 Å². The highest BCUT2D eigenvalue weighted by Crippen LogP contribution is 2.47. The van der Waals surface area contributed by atoms with E-state index in [1.54, 1.807) is 0 Å². The van der Waals surface area contributed by atoms with E-state index in [1.807, 2.05) is 0 Å². The minimum Gasteiger partial charge on any atom is -0.479 e. The number of nitrogens with zero attached hydrogens (tertiary/aromatic N) is 3. The number of thioether (sulfide) groups is 1. The van der Waals surface area contributed by atoms with E-state index in [-0.39, 0.29) is 28.2 Å². The van der Waals surface area contributed by atoms with Gasteiger partial charge < -0.3 is 26.1 Å². The number of aromatic nitrogens is 1. The second kappa shape index (κ2) is 8.19. The Bertz CT molecular complexity index is 1030. The second-order valence-electron chi connectivity index (χ2n) is 6.99. The molecule has 0 radical (unpaired) electrons. The number of thiazole rings is 1. The highest BCUT2D eigenvalue weighted by molar-refractivity contribution is 8.00. The standard InChI is InChI=1S/C17H17N5O7S2/c18-17-19-8(5-31-17)10(21-29-3-9(23)24)13(25)20-11-14(26)22-12(16(27)28)7(6-1-2-6)4-30-15(11)22/h5-6,11,15H,1-4H2,(H2,18,19)(H,20,25)(H,23,24)(H,27,28)/b21-10-/t11-,15-/m1/s1. The molecule has 0 aromatic carbocycles. The Morgan fingerprint density at radius 3 is 2.68 bits per heavy atom. The molecule has 2 atom stereocenters. The number of hydrogen-bond acceptors (Lipinski definition) is 10. The third-order valence-corrected chi connectivity index (χ3v) is 6.86. The molecule has 14 heteroatoms. The molecule has 31 heavy (non-hydrogen) atoms. The number of fused-ring (bicyclic) bond motifs is 1. The van der Waals surface area contributed by atoms with Crippen molar-refractivity contribution in [3.63, 3.8) is 0 Å². The van der Waals surface area contributed by atoms with E-state index in [1.165, 1.54) is 22.0 Å². The minimum absolute atomic E-state index is 0.00714. The van der Waals surface area contributed by atoms with Crippen LogP contribution in [0.3, 0.4) is 0 Å². The molecule has 0 unspecified atom stereocenters. The normalized spacial score (nSPS) is 23.2. The molecule has 2 amide bonds. The number of rotatable bonds is 8. The van der Waals surface area contributed by atoms with Crippen LogP contribution in [-0.2, 0) is 24.0 Å². The maximum atomic E-state index is 12.8. The van der Waals surface area contributed by atoms with Crippen molar-refractivity contribution in [2.75, 3.05) is 18.1 Å². The fraction of sp³-hybridized carbons (Fsp3) is 0.412. The number of carbonyl (C=O) groups excluding carboxylic acids is 2. The molecule has 4 rings (SSSR count). The Hall–Kier alpha value is -3.13. The number of carbonyl (C=O) groups is 4. The summed E-state index contributed by atoms with van der Waals surface area (Å²) in [6.07, 6.45) is 1.82. The maximum Gasteiger partial charge on any atom is 0.352 e. The van der Waals surface area contributed by atoms with Gasteiger partial charge in [0.25, 0.3) is 11.8 Å². The summed E-state index contributed by atoms with van der Waals surface area (Å²) in [5, 5.41) is 25.4. The molecule has 3 aliphatic rings. The maximum absolute atomic E-state index is 12.8. The number of nitrogen functional groups attached to an aromatic ring is 1. The fourth-order valence-corrected chi connectivity index (χ4v) is 5.36. The van der Waals surface area contributed by atoms with Crippen molar-refractivity contribution >= 4 is 57.7 Å². The zero-order valence-electron chi connectivity index (χ0n) is 15.8. The third kappa shape index (κ3) is 4.07. The smallest absolute Gasteiger partial charge is 0.352 e. The molecule has 0 bridgehead atoms. The van der Waals surface area contributed by atoms with Crippen LogP contribution in [0.5, 0.6) is 0 Å². The summed E-state index contributed by atoms with van der Waals surface area (Å²) in [5.74, 6) is -3.14. The predicted octanol–water partition coefficient (Wildman–Crippen LogP) is -0.321. The van der Waals surface area contributed by atoms with Crippen LogP contribution in [0.15, 0.2) is 21.8 Å². The largest absolute Gasteiger partial charge is 0.479 e. The molecule has 1 saturated carbocycles. The molecular formula is C17H17N5O7S2. The summed E-state index contributed by atoms with van der Waals surface area (Å²) in [4.78, 5) is 57.8. The number of aliphatic carboxylic acids is 2. The Morgan fingerprint density at radius 1 is 1.35 bits per heavy atom. The molecule has 1 aromatic rings. The molecule has 12 nitrogen and oxygen atoms in total. The van der Waals surface area contributed by atoms with E-state index >= 15 is 0 Å². The molecule has 2 fully saturated rings. The first kappa shape index (κ1) is 21.1. The van der Waals surface area contributed by atoms with Crippen molar-refractivity contribution in [2.45, 2.75) is 24.3 Å². The molecule has 5 N–H and O–H groups in total. The van der Waals surface area contributed by atoms with Crippen LogP contribution < -0.4 is 11.1 Å².